The number of aromatic amines is 1. The summed E-state index contributed by atoms with van der Waals surface area (Å²) in [6, 6.07) is 13.1. The molecule has 0 spiro atoms. The number of benzene rings is 2. The Balaban J connectivity index is 2.11. The van der Waals surface area contributed by atoms with Crippen LogP contribution in [0.25, 0.3) is 22.4 Å². The summed E-state index contributed by atoms with van der Waals surface area (Å²) in [6.07, 6.45) is 0.419. The second kappa shape index (κ2) is 5.58. The van der Waals surface area contributed by atoms with Crippen LogP contribution < -0.4 is 5.32 Å². The van der Waals surface area contributed by atoms with Crippen molar-refractivity contribution in [3.8, 4) is 11.4 Å². The number of hydrogen-bond acceptors (Lipinski definition) is 2. The van der Waals surface area contributed by atoms with Crippen molar-refractivity contribution in [2.45, 2.75) is 13.3 Å². The molecule has 0 saturated heterocycles. The van der Waals surface area contributed by atoms with Crippen molar-refractivity contribution >= 4 is 34.2 Å². The summed E-state index contributed by atoms with van der Waals surface area (Å²) in [4.78, 5) is 19.4. The third-order valence-electron chi connectivity index (χ3n) is 3.22. The largest absolute Gasteiger partial charge is 0.338 e. The van der Waals surface area contributed by atoms with Crippen molar-refractivity contribution in [2.24, 2.45) is 0 Å². The molecule has 1 amide bonds. The van der Waals surface area contributed by atoms with Gasteiger partial charge in [0, 0.05) is 17.0 Å². The Hall–Kier alpha value is -2.33. The molecule has 0 unspecified atom stereocenters. The average Bonchev–Trinajstić information content (AvgIpc) is 2.92. The first-order chi connectivity index (χ1) is 10.2. The van der Waals surface area contributed by atoms with Crippen molar-refractivity contribution < 1.29 is 4.79 Å². The maximum atomic E-state index is 11.6. The highest BCUT2D eigenvalue weighted by molar-refractivity contribution is 6.31. The number of para-hydroxylation sites is 2. The third kappa shape index (κ3) is 2.76. The van der Waals surface area contributed by atoms with E-state index < -0.39 is 0 Å². The summed E-state index contributed by atoms with van der Waals surface area (Å²) in [5.41, 5.74) is 3.30. The number of anilines is 1. The lowest BCUT2D eigenvalue weighted by molar-refractivity contribution is -0.115. The van der Waals surface area contributed by atoms with E-state index in [4.69, 9.17) is 11.6 Å². The molecule has 3 rings (SSSR count). The van der Waals surface area contributed by atoms with Crippen molar-refractivity contribution in [1.82, 2.24) is 9.97 Å². The minimum atomic E-state index is -0.0466. The molecule has 0 radical (unpaired) electrons. The summed E-state index contributed by atoms with van der Waals surface area (Å²) in [5, 5.41) is 3.47. The molecule has 1 heterocycles. The van der Waals surface area contributed by atoms with Crippen molar-refractivity contribution in [2.75, 3.05) is 5.32 Å². The molecule has 5 heteroatoms. The number of aromatic nitrogens is 2. The number of H-pyrrole nitrogens is 1. The molecule has 3 aromatic rings. The topological polar surface area (TPSA) is 57.8 Å². The van der Waals surface area contributed by atoms with Gasteiger partial charge in [0.2, 0.25) is 5.91 Å². The predicted octanol–water partition coefficient (Wildman–Crippen LogP) is 4.23. The predicted molar refractivity (Wildman–Crippen MR) is 85.5 cm³/mol. The second-order valence-electron chi connectivity index (χ2n) is 4.69. The molecule has 0 atom stereocenters. The lowest BCUT2D eigenvalue weighted by Crippen LogP contribution is -2.10. The van der Waals surface area contributed by atoms with Gasteiger partial charge in [0.15, 0.2) is 0 Å². The maximum Gasteiger partial charge on any atom is 0.224 e. The van der Waals surface area contributed by atoms with Gasteiger partial charge in [-0.25, -0.2) is 4.98 Å². The minimum absolute atomic E-state index is 0.0466. The molecular weight excluding hydrogens is 286 g/mol. The first-order valence-electron chi connectivity index (χ1n) is 6.72. The summed E-state index contributed by atoms with van der Waals surface area (Å²) < 4.78 is 0. The minimum Gasteiger partial charge on any atom is -0.338 e. The zero-order chi connectivity index (χ0) is 14.8. The lowest BCUT2D eigenvalue weighted by atomic mass is 10.1. The van der Waals surface area contributed by atoms with Crippen LogP contribution in [0.3, 0.4) is 0 Å². The smallest absolute Gasteiger partial charge is 0.224 e. The fourth-order valence-corrected chi connectivity index (χ4v) is 2.31. The second-order valence-corrected chi connectivity index (χ2v) is 5.13. The van der Waals surface area contributed by atoms with Gasteiger partial charge in [-0.3, -0.25) is 4.79 Å². The van der Waals surface area contributed by atoms with E-state index in [2.05, 4.69) is 15.3 Å². The van der Waals surface area contributed by atoms with Gasteiger partial charge in [0.1, 0.15) is 5.82 Å². The quantitative estimate of drug-likeness (QED) is 0.760. The van der Waals surface area contributed by atoms with Crippen molar-refractivity contribution in [3.63, 3.8) is 0 Å². The van der Waals surface area contributed by atoms with Crippen LogP contribution in [0.2, 0.25) is 5.02 Å². The summed E-state index contributed by atoms with van der Waals surface area (Å²) in [6.45, 7) is 1.81. The van der Waals surface area contributed by atoms with E-state index in [1.165, 1.54) is 0 Å². The number of hydrogen-bond donors (Lipinski definition) is 2. The van der Waals surface area contributed by atoms with Gasteiger partial charge in [-0.05, 0) is 30.3 Å². The van der Waals surface area contributed by atoms with Gasteiger partial charge in [-0.15, -0.1) is 0 Å². The van der Waals surface area contributed by atoms with Gasteiger partial charge in [0.05, 0.1) is 16.7 Å². The molecule has 2 aromatic carbocycles. The monoisotopic (exact) mass is 299 g/mol. The molecule has 21 heavy (non-hydrogen) atoms. The van der Waals surface area contributed by atoms with Crippen LogP contribution in [-0.2, 0) is 4.79 Å². The van der Waals surface area contributed by atoms with Crippen molar-refractivity contribution in [3.05, 3.63) is 47.5 Å². The number of halogens is 1. The highest BCUT2D eigenvalue weighted by atomic mass is 35.5. The molecule has 0 aliphatic heterocycles. The Morgan fingerprint density at radius 2 is 2.10 bits per heavy atom. The van der Waals surface area contributed by atoms with E-state index in [0.29, 0.717) is 23.0 Å². The summed E-state index contributed by atoms with van der Waals surface area (Å²) >= 11 is 6.08. The fourth-order valence-electron chi connectivity index (χ4n) is 2.14. The number of fused-ring (bicyclic) bond motifs is 1. The molecular formula is C16H14ClN3O. The Labute approximate surface area is 127 Å². The average molecular weight is 300 g/mol. The highest BCUT2D eigenvalue weighted by Crippen LogP contribution is 2.30. The van der Waals surface area contributed by atoms with Crippen LogP contribution in [0.4, 0.5) is 5.69 Å². The molecule has 0 saturated carbocycles. The number of nitrogens with zero attached hydrogens (tertiary/aromatic N) is 1. The number of carbonyl (C=O) groups is 1. The molecule has 0 fully saturated rings. The summed E-state index contributed by atoms with van der Waals surface area (Å²) in [7, 11) is 0. The molecule has 4 nitrogen and oxygen atoms in total. The number of nitrogens with one attached hydrogen (secondary N) is 2. The number of rotatable bonds is 3. The Morgan fingerprint density at radius 1 is 1.29 bits per heavy atom. The molecule has 0 aliphatic carbocycles. The Bertz CT molecular complexity index is 777. The van der Waals surface area contributed by atoms with E-state index in [1.54, 1.807) is 18.2 Å². The standard InChI is InChI=1S/C16H14ClN3O/c1-2-15(21)18-12-8-7-10(17)9-11(12)16-19-13-5-3-4-6-14(13)20-16/h3-9H,2H2,1H3,(H,18,21)(H,19,20). The Morgan fingerprint density at radius 3 is 2.86 bits per heavy atom. The first-order valence-corrected chi connectivity index (χ1v) is 7.09. The molecule has 0 bridgehead atoms. The Kier molecular flexibility index (Phi) is 3.62. The van der Waals surface area contributed by atoms with Crippen LogP contribution >= 0.6 is 11.6 Å². The van der Waals surface area contributed by atoms with E-state index in [9.17, 15) is 4.79 Å². The fraction of sp³-hybridized carbons (Fsp3) is 0.125. The van der Waals surface area contributed by atoms with Gasteiger partial charge in [-0.1, -0.05) is 30.7 Å². The van der Waals surface area contributed by atoms with Gasteiger partial charge in [0.25, 0.3) is 0 Å². The number of imidazole rings is 1. The highest BCUT2D eigenvalue weighted by Gasteiger charge is 2.12. The SMILES string of the molecule is CCC(=O)Nc1ccc(Cl)cc1-c1nc2ccccc2[nH]1. The van der Waals surface area contributed by atoms with E-state index in [0.717, 1.165) is 16.6 Å². The molecule has 106 valence electrons. The van der Waals surface area contributed by atoms with Crippen LogP contribution in [-0.4, -0.2) is 15.9 Å². The van der Waals surface area contributed by atoms with Crippen molar-refractivity contribution in [1.29, 1.82) is 0 Å². The molecule has 0 aliphatic rings. The van der Waals surface area contributed by atoms with E-state index in [1.807, 2.05) is 31.2 Å². The van der Waals surface area contributed by atoms with Crippen LogP contribution in [0.15, 0.2) is 42.5 Å². The molecule has 1 aromatic heterocycles. The number of amides is 1. The normalized spacial score (nSPS) is 10.8. The third-order valence-corrected chi connectivity index (χ3v) is 3.46. The zero-order valence-corrected chi connectivity index (χ0v) is 12.2. The number of carbonyl (C=O) groups excluding carboxylic acids is 1. The summed E-state index contributed by atoms with van der Waals surface area (Å²) in [5.74, 6) is 0.639. The van der Waals surface area contributed by atoms with Crippen LogP contribution in [0.1, 0.15) is 13.3 Å². The lowest BCUT2D eigenvalue weighted by Gasteiger charge is -2.09. The van der Waals surface area contributed by atoms with Crippen LogP contribution in [0.5, 0.6) is 0 Å². The van der Waals surface area contributed by atoms with E-state index >= 15 is 0 Å². The molecule has 2 N–H and O–H groups in total. The van der Waals surface area contributed by atoms with Gasteiger partial charge in [-0.2, -0.15) is 0 Å². The zero-order valence-electron chi connectivity index (χ0n) is 11.5. The van der Waals surface area contributed by atoms with Gasteiger partial charge >= 0.3 is 0 Å². The van der Waals surface area contributed by atoms with E-state index in [-0.39, 0.29) is 5.91 Å². The van der Waals surface area contributed by atoms with Crippen LogP contribution in [0, 0.1) is 0 Å². The maximum absolute atomic E-state index is 11.6. The van der Waals surface area contributed by atoms with Gasteiger partial charge < -0.3 is 10.3 Å². The first kappa shape index (κ1) is 13.6.